The van der Waals surface area contributed by atoms with Crippen LogP contribution in [-0.2, 0) is 5.41 Å². The maximum atomic E-state index is 5.84. The maximum Gasteiger partial charge on any atom is 0.0928 e. The summed E-state index contributed by atoms with van der Waals surface area (Å²) < 4.78 is 0. The molecule has 74 valence electrons. The Labute approximate surface area is 88.8 Å². The summed E-state index contributed by atoms with van der Waals surface area (Å²) in [5.74, 6) is 0.752. The topological polar surface area (TPSA) is 38.0 Å². The molecule has 0 radical (unpaired) electrons. The Bertz CT molecular complexity index is 369. The van der Waals surface area contributed by atoms with Gasteiger partial charge in [0.2, 0.25) is 0 Å². The van der Waals surface area contributed by atoms with Crippen LogP contribution in [0.1, 0.15) is 12.5 Å². The van der Waals surface area contributed by atoms with Crippen LogP contribution in [0.4, 0.5) is 0 Å². The van der Waals surface area contributed by atoms with Gasteiger partial charge in [-0.05, 0) is 23.8 Å². The standard InChI is InChI=1S/C11H13ClN2/c1-11(6-10(13)14-7-11)8-2-4-9(12)5-3-8/h2-6,14H,7,13H2,1H3/t11-/m1/s1. The highest BCUT2D eigenvalue weighted by molar-refractivity contribution is 6.30. The minimum Gasteiger partial charge on any atom is -0.386 e. The molecule has 3 heteroatoms. The van der Waals surface area contributed by atoms with Gasteiger partial charge < -0.3 is 11.1 Å². The number of halogens is 1. The van der Waals surface area contributed by atoms with E-state index in [2.05, 4.69) is 18.3 Å². The third kappa shape index (κ3) is 1.58. The van der Waals surface area contributed by atoms with Crippen molar-refractivity contribution in [3.8, 4) is 0 Å². The molecule has 1 aliphatic rings. The van der Waals surface area contributed by atoms with Crippen molar-refractivity contribution in [3.63, 3.8) is 0 Å². The first-order valence-corrected chi connectivity index (χ1v) is 4.96. The molecule has 0 amide bonds. The largest absolute Gasteiger partial charge is 0.386 e. The summed E-state index contributed by atoms with van der Waals surface area (Å²) in [6, 6.07) is 7.90. The number of nitrogens with two attached hydrogens (primary N) is 1. The number of nitrogens with one attached hydrogen (secondary N) is 1. The van der Waals surface area contributed by atoms with Crippen molar-refractivity contribution in [3.05, 3.63) is 46.7 Å². The molecule has 1 aromatic rings. The highest BCUT2D eigenvalue weighted by Gasteiger charge is 2.28. The first-order chi connectivity index (χ1) is 6.60. The van der Waals surface area contributed by atoms with Gasteiger partial charge in [0.25, 0.3) is 0 Å². The third-order valence-corrected chi connectivity index (χ3v) is 2.89. The van der Waals surface area contributed by atoms with Crippen LogP contribution in [0.3, 0.4) is 0 Å². The van der Waals surface area contributed by atoms with Crippen molar-refractivity contribution in [2.45, 2.75) is 12.3 Å². The first-order valence-electron chi connectivity index (χ1n) is 4.58. The summed E-state index contributed by atoms with van der Waals surface area (Å²) >= 11 is 5.84. The Balaban J connectivity index is 2.35. The molecule has 2 nitrogen and oxygen atoms in total. The Morgan fingerprint density at radius 3 is 2.50 bits per heavy atom. The lowest BCUT2D eigenvalue weighted by Crippen LogP contribution is -2.26. The van der Waals surface area contributed by atoms with Gasteiger partial charge in [0.05, 0.1) is 5.82 Å². The second-order valence-corrected chi connectivity index (χ2v) is 4.31. The summed E-state index contributed by atoms with van der Waals surface area (Å²) in [6.45, 7) is 3.00. The average molecular weight is 209 g/mol. The van der Waals surface area contributed by atoms with Gasteiger partial charge in [0.15, 0.2) is 0 Å². The van der Waals surface area contributed by atoms with Crippen LogP contribution in [0.15, 0.2) is 36.2 Å². The van der Waals surface area contributed by atoms with Crippen LogP contribution in [0, 0.1) is 0 Å². The molecule has 2 rings (SSSR count). The van der Waals surface area contributed by atoms with E-state index in [1.807, 2.05) is 24.3 Å². The molecule has 3 N–H and O–H groups in total. The summed E-state index contributed by atoms with van der Waals surface area (Å²) in [5.41, 5.74) is 6.93. The van der Waals surface area contributed by atoms with Gasteiger partial charge in [-0.15, -0.1) is 0 Å². The van der Waals surface area contributed by atoms with Crippen LogP contribution in [0.2, 0.25) is 5.02 Å². The van der Waals surface area contributed by atoms with Crippen LogP contribution < -0.4 is 11.1 Å². The molecule has 0 fully saturated rings. The van der Waals surface area contributed by atoms with E-state index in [0.717, 1.165) is 17.4 Å². The number of benzene rings is 1. The van der Waals surface area contributed by atoms with Crippen molar-refractivity contribution in [1.82, 2.24) is 5.32 Å². The van der Waals surface area contributed by atoms with Gasteiger partial charge in [-0.1, -0.05) is 30.7 Å². The third-order valence-electron chi connectivity index (χ3n) is 2.64. The normalized spacial score (nSPS) is 25.7. The highest BCUT2D eigenvalue weighted by atomic mass is 35.5. The molecule has 0 spiro atoms. The van der Waals surface area contributed by atoms with Gasteiger partial charge in [-0.3, -0.25) is 0 Å². The molecule has 0 saturated heterocycles. The van der Waals surface area contributed by atoms with E-state index in [9.17, 15) is 0 Å². The fraction of sp³-hybridized carbons (Fsp3) is 0.273. The molecule has 0 aromatic heterocycles. The van der Waals surface area contributed by atoms with E-state index in [-0.39, 0.29) is 5.41 Å². The van der Waals surface area contributed by atoms with Crippen molar-refractivity contribution in [2.75, 3.05) is 6.54 Å². The van der Waals surface area contributed by atoms with E-state index >= 15 is 0 Å². The second-order valence-electron chi connectivity index (χ2n) is 3.88. The van der Waals surface area contributed by atoms with E-state index in [4.69, 9.17) is 17.3 Å². The predicted molar refractivity (Wildman–Crippen MR) is 59.1 cm³/mol. The van der Waals surface area contributed by atoms with E-state index in [0.29, 0.717) is 0 Å². The average Bonchev–Trinajstić information content (AvgIpc) is 2.48. The second kappa shape index (κ2) is 3.21. The molecule has 14 heavy (non-hydrogen) atoms. The molecular weight excluding hydrogens is 196 g/mol. The fourth-order valence-electron chi connectivity index (χ4n) is 1.75. The molecule has 0 bridgehead atoms. The minimum atomic E-state index is -0.00529. The maximum absolute atomic E-state index is 5.84. The minimum absolute atomic E-state index is 0.00529. The van der Waals surface area contributed by atoms with Crippen LogP contribution in [0.25, 0.3) is 0 Å². The van der Waals surface area contributed by atoms with Gasteiger partial charge in [-0.25, -0.2) is 0 Å². The van der Waals surface area contributed by atoms with Crippen molar-refractivity contribution < 1.29 is 0 Å². The zero-order valence-corrected chi connectivity index (χ0v) is 8.81. The molecule has 0 aliphatic carbocycles. The monoisotopic (exact) mass is 208 g/mol. The zero-order chi connectivity index (χ0) is 10.2. The lowest BCUT2D eigenvalue weighted by molar-refractivity contribution is 0.601. The number of rotatable bonds is 1. The molecule has 1 aliphatic heterocycles. The zero-order valence-electron chi connectivity index (χ0n) is 8.05. The molecule has 1 atom stereocenters. The fourth-order valence-corrected chi connectivity index (χ4v) is 1.87. The van der Waals surface area contributed by atoms with Gasteiger partial charge in [-0.2, -0.15) is 0 Å². The summed E-state index contributed by atoms with van der Waals surface area (Å²) in [7, 11) is 0. The predicted octanol–water partition coefficient (Wildman–Crippen LogP) is 2.00. The summed E-state index contributed by atoms with van der Waals surface area (Å²) in [5, 5.41) is 3.89. The van der Waals surface area contributed by atoms with E-state index < -0.39 is 0 Å². The van der Waals surface area contributed by atoms with Gasteiger partial charge in [0.1, 0.15) is 0 Å². The van der Waals surface area contributed by atoms with Crippen LogP contribution in [-0.4, -0.2) is 6.54 Å². The quantitative estimate of drug-likeness (QED) is 0.741. The van der Waals surface area contributed by atoms with Crippen LogP contribution in [0.5, 0.6) is 0 Å². The summed E-state index contributed by atoms with van der Waals surface area (Å²) in [4.78, 5) is 0. The Morgan fingerprint density at radius 2 is 2.00 bits per heavy atom. The molecular formula is C11H13ClN2. The number of hydrogen-bond acceptors (Lipinski definition) is 2. The van der Waals surface area contributed by atoms with Crippen LogP contribution >= 0.6 is 11.6 Å². The van der Waals surface area contributed by atoms with Gasteiger partial charge >= 0.3 is 0 Å². The lowest BCUT2D eigenvalue weighted by atomic mass is 9.84. The SMILES string of the molecule is C[C@@]1(c2ccc(Cl)cc2)C=C(N)NC1. The Morgan fingerprint density at radius 1 is 1.36 bits per heavy atom. The number of hydrogen-bond donors (Lipinski definition) is 2. The molecule has 1 heterocycles. The molecule has 0 saturated carbocycles. The van der Waals surface area contributed by atoms with Crippen molar-refractivity contribution in [2.24, 2.45) is 5.73 Å². The van der Waals surface area contributed by atoms with E-state index in [1.54, 1.807) is 0 Å². The Hall–Kier alpha value is -1.15. The summed E-state index contributed by atoms with van der Waals surface area (Å²) in [6.07, 6.45) is 2.05. The van der Waals surface area contributed by atoms with Gasteiger partial charge in [0, 0.05) is 17.0 Å². The van der Waals surface area contributed by atoms with Crippen molar-refractivity contribution >= 4 is 11.6 Å². The Kier molecular flexibility index (Phi) is 2.16. The molecule has 0 unspecified atom stereocenters. The smallest absolute Gasteiger partial charge is 0.0928 e. The first kappa shape index (κ1) is 9.41. The lowest BCUT2D eigenvalue weighted by Gasteiger charge is -2.21. The highest BCUT2D eigenvalue weighted by Crippen LogP contribution is 2.29. The van der Waals surface area contributed by atoms with E-state index in [1.165, 1.54) is 5.56 Å². The molecule has 1 aromatic carbocycles. The van der Waals surface area contributed by atoms with Crippen molar-refractivity contribution in [1.29, 1.82) is 0 Å².